The second-order valence-electron chi connectivity index (χ2n) is 4.45. The summed E-state index contributed by atoms with van der Waals surface area (Å²) < 4.78 is 0. The third kappa shape index (κ3) is 1.32. The van der Waals surface area contributed by atoms with Crippen LogP contribution >= 0.6 is 11.3 Å². The second kappa shape index (κ2) is 2.82. The minimum absolute atomic E-state index is 0.661. The minimum atomic E-state index is 0.661. The molecule has 2 heteroatoms. The van der Waals surface area contributed by atoms with Gasteiger partial charge in [0.1, 0.15) is 0 Å². The first-order chi connectivity index (χ1) is 6.34. The molecule has 2 aliphatic carbocycles. The Bertz CT molecular complexity index is 314. The first-order valence-electron chi connectivity index (χ1n) is 5.15. The number of nitrogens with one attached hydrogen (secondary N) is 1. The predicted octanol–water partition coefficient (Wildman–Crippen LogP) is 2.73. The molecule has 2 aliphatic rings. The van der Waals surface area contributed by atoms with Gasteiger partial charge in [-0.05, 0) is 47.1 Å². The smallest absolute Gasteiger partial charge is 0.0362 e. The molecule has 0 bridgehead atoms. The Labute approximate surface area is 83.2 Å². The molecule has 1 aromatic heterocycles. The van der Waals surface area contributed by atoms with E-state index in [9.17, 15) is 0 Å². The van der Waals surface area contributed by atoms with Crippen LogP contribution in [0.15, 0.2) is 10.8 Å². The summed E-state index contributed by atoms with van der Waals surface area (Å²) in [5, 5.41) is 8.40. The molecule has 0 saturated heterocycles. The van der Waals surface area contributed by atoms with Crippen LogP contribution in [0, 0.1) is 5.92 Å². The molecule has 1 fully saturated rings. The monoisotopic (exact) mass is 193 g/mol. The quantitative estimate of drug-likeness (QED) is 0.761. The topological polar surface area (TPSA) is 12.0 Å². The molecule has 0 aliphatic heterocycles. The fourth-order valence-corrected chi connectivity index (χ4v) is 3.21. The highest BCUT2D eigenvalue weighted by atomic mass is 32.1. The summed E-state index contributed by atoms with van der Waals surface area (Å²) >= 11 is 1.86. The van der Waals surface area contributed by atoms with E-state index in [4.69, 9.17) is 0 Å². The summed E-state index contributed by atoms with van der Waals surface area (Å²) in [6, 6.07) is 1.49. The van der Waals surface area contributed by atoms with E-state index in [1.54, 1.807) is 11.1 Å². The first kappa shape index (κ1) is 8.01. The average molecular weight is 193 g/mol. The van der Waals surface area contributed by atoms with Crippen LogP contribution in [0.3, 0.4) is 0 Å². The Kier molecular flexibility index (Phi) is 1.74. The first-order valence-corrected chi connectivity index (χ1v) is 6.10. The van der Waals surface area contributed by atoms with E-state index in [0.717, 1.165) is 12.0 Å². The number of hydrogen-bond donors (Lipinski definition) is 1. The summed E-state index contributed by atoms with van der Waals surface area (Å²) in [5.41, 5.74) is 3.18. The molecule has 0 spiro atoms. The van der Waals surface area contributed by atoms with E-state index in [-0.39, 0.29) is 0 Å². The molecule has 2 unspecified atom stereocenters. The molecule has 0 amide bonds. The highest BCUT2D eigenvalue weighted by Gasteiger charge is 2.34. The molecule has 1 saturated carbocycles. The number of thiophene rings is 1. The lowest BCUT2D eigenvalue weighted by atomic mass is 10.0. The van der Waals surface area contributed by atoms with Crippen molar-refractivity contribution in [1.82, 2.24) is 5.32 Å². The fourth-order valence-electron chi connectivity index (χ4n) is 2.30. The van der Waals surface area contributed by atoms with Crippen molar-refractivity contribution in [2.24, 2.45) is 5.92 Å². The fraction of sp³-hybridized carbons (Fsp3) is 0.636. The SMILES string of the molecule is CC1Cc2cscc2C1NC1CC1. The standard InChI is InChI=1S/C11H15NS/c1-7-4-8-5-13-6-10(8)11(7)12-9-2-3-9/h5-7,9,11-12H,2-4H2,1H3. The Hall–Kier alpha value is -0.340. The Morgan fingerprint density at radius 2 is 2.23 bits per heavy atom. The van der Waals surface area contributed by atoms with Crippen molar-refractivity contribution in [3.8, 4) is 0 Å². The lowest BCUT2D eigenvalue weighted by Crippen LogP contribution is -2.25. The van der Waals surface area contributed by atoms with Crippen molar-refractivity contribution in [2.75, 3.05) is 0 Å². The Morgan fingerprint density at radius 1 is 1.38 bits per heavy atom. The van der Waals surface area contributed by atoms with E-state index in [1.165, 1.54) is 19.3 Å². The third-order valence-corrected chi connectivity index (χ3v) is 4.03. The highest BCUT2D eigenvalue weighted by molar-refractivity contribution is 7.08. The van der Waals surface area contributed by atoms with Gasteiger partial charge in [0.25, 0.3) is 0 Å². The van der Waals surface area contributed by atoms with Crippen LogP contribution in [0.25, 0.3) is 0 Å². The zero-order valence-corrected chi connectivity index (χ0v) is 8.73. The molecule has 1 heterocycles. The van der Waals surface area contributed by atoms with Gasteiger partial charge in [0.15, 0.2) is 0 Å². The summed E-state index contributed by atoms with van der Waals surface area (Å²) in [7, 11) is 0. The van der Waals surface area contributed by atoms with Gasteiger partial charge in [0.2, 0.25) is 0 Å². The molecule has 1 nitrogen and oxygen atoms in total. The van der Waals surface area contributed by atoms with E-state index in [0.29, 0.717) is 6.04 Å². The van der Waals surface area contributed by atoms with Crippen LogP contribution in [-0.2, 0) is 6.42 Å². The van der Waals surface area contributed by atoms with Crippen LogP contribution in [-0.4, -0.2) is 6.04 Å². The van der Waals surface area contributed by atoms with Crippen LogP contribution in [0.5, 0.6) is 0 Å². The predicted molar refractivity (Wildman–Crippen MR) is 56.1 cm³/mol. The van der Waals surface area contributed by atoms with Crippen LogP contribution in [0.4, 0.5) is 0 Å². The molecule has 0 radical (unpaired) electrons. The van der Waals surface area contributed by atoms with Gasteiger partial charge in [-0.15, -0.1) is 0 Å². The van der Waals surface area contributed by atoms with E-state index < -0.39 is 0 Å². The van der Waals surface area contributed by atoms with Crippen molar-refractivity contribution in [2.45, 2.75) is 38.3 Å². The Morgan fingerprint density at radius 3 is 3.00 bits per heavy atom. The van der Waals surface area contributed by atoms with Crippen molar-refractivity contribution < 1.29 is 0 Å². The maximum atomic E-state index is 3.75. The van der Waals surface area contributed by atoms with E-state index in [2.05, 4.69) is 23.0 Å². The molecule has 3 rings (SSSR count). The molecule has 1 N–H and O–H groups in total. The molecular weight excluding hydrogens is 178 g/mol. The van der Waals surface area contributed by atoms with Gasteiger partial charge in [-0.3, -0.25) is 0 Å². The molecule has 13 heavy (non-hydrogen) atoms. The molecule has 1 aromatic rings. The number of rotatable bonds is 2. The molecule has 0 aromatic carbocycles. The van der Waals surface area contributed by atoms with Gasteiger partial charge < -0.3 is 5.32 Å². The maximum absolute atomic E-state index is 3.75. The van der Waals surface area contributed by atoms with E-state index in [1.807, 2.05) is 11.3 Å². The van der Waals surface area contributed by atoms with Gasteiger partial charge in [-0.1, -0.05) is 6.92 Å². The summed E-state index contributed by atoms with van der Waals surface area (Å²) in [6.07, 6.45) is 4.06. The lowest BCUT2D eigenvalue weighted by Gasteiger charge is -2.17. The summed E-state index contributed by atoms with van der Waals surface area (Å²) in [4.78, 5) is 0. The molecule has 2 atom stereocenters. The van der Waals surface area contributed by atoms with Gasteiger partial charge in [-0.25, -0.2) is 0 Å². The van der Waals surface area contributed by atoms with Gasteiger partial charge in [0, 0.05) is 12.1 Å². The Balaban J connectivity index is 1.84. The van der Waals surface area contributed by atoms with E-state index >= 15 is 0 Å². The third-order valence-electron chi connectivity index (χ3n) is 3.21. The lowest BCUT2D eigenvalue weighted by molar-refractivity contribution is 0.414. The number of hydrogen-bond acceptors (Lipinski definition) is 2. The van der Waals surface area contributed by atoms with Gasteiger partial charge in [-0.2, -0.15) is 11.3 Å². The summed E-state index contributed by atoms with van der Waals surface area (Å²) in [5.74, 6) is 0.805. The summed E-state index contributed by atoms with van der Waals surface area (Å²) in [6.45, 7) is 2.37. The number of fused-ring (bicyclic) bond motifs is 1. The van der Waals surface area contributed by atoms with Crippen molar-refractivity contribution >= 4 is 11.3 Å². The largest absolute Gasteiger partial charge is 0.307 e. The van der Waals surface area contributed by atoms with Crippen LogP contribution in [0.2, 0.25) is 0 Å². The minimum Gasteiger partial charge on any atom is -0.307 e. The van der Waals surface area contributed by atoms with Crippen molar-refractivity contribution in [3.63, 3.8) is 0 Å². The van der Waals surface area contributed by atoms with Gasteiger partial charge in [0.05, 0.1) is 0 Å². The zero-order chi connectivity index (χ0) is 8.84. The van der Waals surface area contributed by atoms with Gasteiger partial charge >= 0.3 is 0 Å². The molecular formula is C11H15NS. The van der Waals surface area contributed by atoms with Crippen molar-refractivity contribution in [3.05, 3.63) is 21.9 Å². The van der Waals surface area contributed by atoms with Crippen LogP contribution in [0.1, 0.15) is 36.9 Å². The maximum Gasteiger partial charge on any atom is 0.0362 e. The van der Waals surface area contributed by atoms with Crippen LogP contribution < -0.4 is 5.32 Å². The second-order valence-corrected chi connectivity index (χ2v) is 5.20. The average Bonchev–Trinajstić information content (AvgIpc) is 2.74. The molecule has 70 valence electrons. The zero-order valence-electron chi connectivity index (χ0n) is 7.92. The van der Waals surface area contributed by atoms with Crippen molar-refractivity contribution in [1.29, 1.82) is 0 Å². The normalized spacial score (nSPS) is 32.1. The highest BCUT2D eigenvalue weighted by Crippen LogP contribution is 2.39.